The molecule has 0 atom stereocenters. The summed E-state index contributed by atoms with van der Waals surface area (Å²) in [4.78, 5) is 14.0. The number of nitrogens with one attached hydrogen (secondary N) is 2. The molecule has 0 aliphatic rings. The molecular weight excluding hydrogens is 340 g/mol. The second kappa shape index (κ2) is 6.03. The second-order valence-electron chi connectivity index (χ2n) is 5.16. The van der Waals surface area contributed by atoms with E-state index in [0.29, 0.717) is 9.65 Å². The van der Waals surface area contributed by atoms with Gasteiger partial charge in [-0.3, -0.25) is 15.3 Å². The summed E-state index contributed by atoms with van der Waals surface area (Å²) in [7, 11) is 0. The zero-order valence-corrected chi connectivity index (χ0v) is 14.0. The van der Waals surface area contributed by atoms with Crippen LogP contribution in [0.1, 0.15) is 9.67 Å². The van der Waals surface area contributed by atoms with Gasteiger partial charge >= 0.3 is 0 Å². The Kier molecular flexibility index (Phi) is 3.72. The second-order valence-corrected chi connectivity index (χ2v) is 6.63. The van der Waals surface area contributed by atoms with Crippen LogP contribution in [0, 0.1) is 4.77 Å². The minimum atomic E-state index is -0.219. The van der Waals surface area contributed by atoms with E-state index in [4.69, 9.17) is 12.2 Å². The van der Waals surface area contributed by atoms with Gasteiger partial charge in [0.1, 0.15) is 6.33 Å². The minimum Gasteiger partial charge on any atom is -0.266 e. The van der Waals surface area contributed by atoms with E-state index >= 15 is 0 Å². The van der Waals surface area contributed by atoms with Crippen molar-refractivity contribution in [3.05, 3.63) is 70.6 Å². The molecule has 1 amide bonds. The average Bonchev–Trinajstić information content (AvgIpc) is 3.24. The van der Waals surface area contributed by atoms with Crippen LogP contribution < -0.4 is 5.43 Å². The van der Waals surface area contributed by atoms with Crippen molar-refractivity contribution < 1.29 is 4.79 Å². The molecule has 2 heterocycles. The summed E-state index contributed by atoms with van der Waals surface area (Å²) in [6.07, 6.45) is 1.43. The molecule has 0 bridgehead atoms. The molecule has 0 radical (unpaired) electrons. The predicted octanol–water partition coefficient (Wildman–Crippen LogP) is 4.21. The molecular formula is C17H12N4OS2. The van der Waals surface area contributed by atoms with Gasteiger partial charge in [0.25, 0.3) is 5.91 Å². The Labute approximate surface area is 146 Å². The maximum Gasteiger partial charge on any atom is 0.280 e. The predicted molar refractivity (Wildman–Crippen MR) is 98.4 cm³/mol. The van der Waals surface area contributed by atoms with Gasteiger partial charge in [-0.25, -0.2) is 4.68 Å². The number of aromatic nitrogens is 3. The molecule has 5 nitrogen and oxygen atoms in total. The Morgan fingerprint density at radius 3 is 2.79 bits per heavy atom. The van der Waals surface area contributed by atoms with Gasteiger partial charge in [0, 0.05) is 4.88 Å². The van der Waals surface area contributed by atoms with Crippen molar-refractivity contribution in [2.45, 2.75) is 0 Å². The zero-order chi connectivity index (χ0) is 16.5. The van der Waals surface area contributed by atoms with E-state index in [1.807, 2.05) is 30.3 Å². The minimum absolute atomic E-state index is 0.219. The third-order valence-electron chi connectivity index (χ3n) is 3.66. The van der Waals surface area contributed by atoms with Gasteiger partial charge in [0.05, 0.1) is 4.88 Å². The van der Waals surface area contributed by atoms with Gasteiger partial charge in [-0.15, -0.1) is 11.3 Å². The van der Waals surface area contributed by atoms with Crippen molar-refractivity contribution in [2.75, 3.05) is 5.43 Å². The highest BCUT2D eigenvalue weighted by atomic mass is 32.1. The van der Waals surface area contributed by atoms with Crippen molar-refractivity contribution in [1.29, 1.82) is 0 Å². The monoisotopic (exact) mass is 352 g/mol. The van der Waals surface area contributed by atoms with Crippen LogP contribution in [0.3, 0.4) is 0 Å². The van der Waals surface area contributed by atoms with Gasteiger partial charge in [-0.05, 0) is 40.7 Å². The number of aromatic amines is 1. The lowest BCUT2D eigenvalue weighted by atomic mass is 10.0. The largest absolute Gasteiger partial charge is 0.280 e. The van der Waals surface area contributed by atoms with Crippen LogP contribution in [0.5, 0.6) is 0 Å². The normalized spacial score (nSPS) is 10.8. The lowest BCUT2D eigenvalue weighted by molar-refractivity contribution is 0.101. The number of carbonyl (C=O) groups is 1. The lowest BCUT2D eigenvalue weighted by Crippen LogP contribution is -2.21. The van der Waals surface area contributed by atoms with E-state index in [9.17, 15) is 4.79 Å². The van der Waals surface area contributed by atoms with Crippen molar-refractivity contribution in [2.24, 2.45) is 0 Å². The summed E-state index contributed by atoms with van der Waals surface area (Å²) in [5.41, 5.74) is 3.82. The van der Waals surface area contributed by atoms with E-state index in [-0.39, 0.29) is 5.91 Å². The van der Waals surface area contributed by atoms with E-state index in [2.05, 4.69) is 39.9 Å². The summed E-state index contributed by atoms with van der Waals surface area (Å²) in [5, 5.41) is 8.72. The fraction of sp³-hybridized carbons (Fsp3) is 0. The Morgan fingerprint density at radius 2 is 1.96 bits per heavy atom. The summed E-state index contributed by atoms with van der Waals surface area (Å²) in [5.74, 6) is -0.219. The molecule has 0 aliphatic heterocycles. The smallest absolute Gasteiger partial charge is 0.266 e. The fourth-order valence-corrected chi connectivity index (χ4v) is 3.62. The van der Waals surface area contributed by atoms with Crippen LogP contribution in [-0.2, 0) is 0 Å². The summed E-state index contributed by atoms with van der Waals surface area (Å²) in [6, 6.07) is 18.2. The molecule has 7 heteroatoms. The van der Waals surface area contributed by atoms with E-state index < -0.39 is 0 Å². The molecule has 2 aromatic heterocycles. The number of nitrogens with zero attached hydrogens (tertiary/aromatic N) is 2. The van der Waals surface area contributed by atoms with Gasteiger partial charge in [0.2, 0.25) is 4.77 Å². The zero-order valence-electron chi connectivity index (χ0n) is 12.4. The van der Waals surface area contributed by atoms with Crippen molar-refractivity contribution >= 4 is 40.2 Å². The third kappa shape index (κ3) is 2.64. The number of thiophene rings is 1. The van der Waals surface area contributed by atoms with E-state index in [1.54, 1.807) is 0 Å². The van der Waals surface area contributed by atoms with Gasteiger partial charge in [-0.1, -0.05) is 42.5 Å². The average molecular weight is 352 g/mol. The molecule has 0 saturated carbocycles. The topological polar surface area (TPSA) is 62.7 Å². The Hall–Kier alpha value is -2.77. The van der Waals surface area contributed by atoms with Crippen LogP contribution in [-0.4, -0.2) is 20.8 Å². The van der Waals surface area contributed by atoms with Crippen molar-refractivity contribution in [1.82, 2.24) is 14.9 Å². The first-order chi connectivity index (χ1) is 11.7. The highest BCUT2D eigenvalue weighted by Gasteiger charge is 2.12. The van der Waals surface area contributed by atoms with Gasteiger partial charge in [0.15, 0.2) is 0 Å². The first-order valence-electron chi connectivity index (χ1n) is 7.24. The molecule has 0 aliphatic carbocycles. The Balaban J connectivity index is 1.68. The lowest BCUT2D eigenvalue weighted by Gasteiger charge is -2.04. The molecule has 0 saturated heterocycles. The maximum atomic E-state index is 12.4. The van der Waals surface area contributed by atoms with Crippen molar-refractivity contribution in [3.63, 3.8) is 0 Å². The number of rotatable bonds is 3. The highest BCUT2D eigenvalue weighted by Crippen LogP contribution is 2.33. The molecule has 0 fully saturated rings. The Morgan fingerprint density at radius 1 is 1.12 bits per heavy atom. The third-order valence-corrected chi connectivity index (χ3v) is 5.06. The molecule has 0 unspecified atom stereocenters. The summed E-state index contributed by atoms with van der Waals surface area (Å²) < 4.78 is 1.73. The molecule has 0 spiro atoms. The number of amides is 1. The van der Waals surface area contributed by atoms with Crippen LogP contribution >= 0.6 is 23.6 Å². The standard InChI is InChI=1S/C17H12N4OS2/c22-16(20-21-10-18-19-17(21)23)15-9-8-14(24-15)13-7-3-5-11-4-1-2-6-12(11)13/h1-10H,(H,19,23)(H,20,22). The number of H-pyrrole nitrogens is 1. The SMILES string of the molecule is O=C(Nn1cn[nH]c1=S)c1ccc(-c2cccc3ccccc23)s1. The highest BCUT2D eigenvalue weighted by molar-refractivity contribution is 7.71. The summed E-state index contributed by atoms with van der Waals surface area (Å²) >= 11 is 6.47. The van der Waals surface area contributed by atoms with Crippen molar-refractivity contribution in [3.8, 4) is 10.4 Å². The molecule has 4 aromatic rings. The number of benzene rings is 2. The molecule has 2 N–H and O–H groups in total. The van der Waals surface area contributed by atoms with Gasteiger partial charge in [-0.2, -0.15) is 5.10 Å². The summed E-state index contributed by atoms with van der Waals surface area (Å²) in [6.45, 7) is 0. The quantitative estimate of drug-likeness (QED) is 0.543. The van der Waals surface area contributed by atoms with Crippen LogP contribution in [0.25, 0.3) is 21.2 Å². The van der Waals surface area contributed by atoms with Crippen LogP contribution in [0.2, 0.25) is 0 Å². The van der Waals surface area contributed by atoms with E-state index in [0.717, 1.165) is 10.4 Å². The molecule has 118 valence electrons. The first-order valence-corrected chi connectivity index (χ1v) is 8.46. The fourth-order valence-electron chi connectivity index (χ4n) is 2.54. The van der Waals surface area contributed by atoms with Crippen LogP contribution in [0.15, 0.2) is 60.9 Å². The number of hydrogen-bond acceptors (Lipinski definition) is 4. The van der Waals surface area contributed by atoms with E-state index in [1.165, 1.54) is 33.1 Å². The Bertz CT molecular complexity index is 1090. The van der Waals surface area contributed by atoms with Gasteiger partial charge < -0.3 is 0 Å². The molecule has 2 aromatic carbocycles. The molecule has 4 rings (SSSR count). The number of fused-ring (bicyclic) bond motifs is 1. The molecule has 24 heavy (non-hydrogen) atoms. The van der Waals surface area contributed by atoms with Crippen LogP contribution in [0.4, 0.5) is 0 Å². The number of hydrogen-bond donors (Lipinski definition) is 2. The number of carbonyl (C=O) groups excluding carboxylic acids is 1. The maximum absolute atomic E-state index is 12.4. The first kappa shape index (κ1) is 14.8.